The van der Waals surface area contributed by atoms with Crippen molar-refractivity contribution in [3.63, 3.8) is 0 Å². The van der Waals surface area contributed by atoms with Gasteiger partial charge in [-0.2, -0.15) is 0 Å². The van der Waals surface area contributed by atoms with Crippen molar-refractivity contribution in [2.45, 2.75) is 51.0 Å². The molecule has 5 rings (SSSR count). The molecule has 4 bridgehead atoms. The number of nitrogens with one attached hydrogen (secondary N) is 2. The first-order chi connectivity index (χ1) is 9.12. The van der Waals surface area contributed by atoms with Crippen LogP contribution >= 0.6 is 0 Å². The molecule has 0 radical (unpaired) electrons. The van der Waals surface area contributed by atoms with Crippen molar-refractivity contribution in [2.24, 2.45) is 17.8 Å². The van der Waals surface area contributed by atoms with E-state index in [9.17, 15) is 4.79 Å². The Bertz CT molecular complexity index is 486. The molecule has 0 atom stereocenters. The molecular weight excluding hydrogens is 240 g/mol. The first kappa shape index (κ1) is 11.4. The molecule has 4 aliphatic rings. The third-order valence-corrected chi connectivity index (χ3v) is 5.22. The molecule has 1 heterocycles. The summed E-state index contributed by atoms with van der Waals surface area (Å²) >= 11 is 0. The van der Waals surface area contributed by atoms with E-state index in [0.717, 1.165) is 37.0 Å². The lowest BCUT2D eigenvalue weighted by atomic mass is 9.53. The normalized spacial score (nSPS) is 39.5. The van der Waals surface area contributed by atoms with E-state index < -0.39 is 0 Å². The van der Waals surface area contributed by atoms with Crippen LogP contribution in [0.4, 0.5) is 0 Å². The number of aromatic amines is 1. The number of hydrogen-bond donors (Lipinski definition) is 2. The minimum atomic E-state index is -0.105. The second-order valence-corrected chi connectivity index (χ2v) is 6.90. The van der Waals surface area contributed by atoms with E-state index in [1.165, 1.54) is 19.3 Å². The fourth-order valence-corrected chi connectivity index (χ4v) is 5.00. The molecule has 4 fully saturated rings. The molecular formula is C14H20N4O. The zero-order chi connectivity index (χ0) is 13.0. The minimum Gasteiger partial charge on any atom is -0.344 e. The van der Waals surface area contributed by atoms with Gasteiger partial charge in [-0.1, -0.05) is 0 Å². The summed E-state index contributed by atoms with van der Waals surface area (Å²) in [4.78, 5) is 16.4. The van der Waals surface area contributed by atoms with E-state index in [1.54, 1.807) is 0 Å². The van der Waals surface area contributed by atoms with Crippen LogP contribution < -0.4 is 5.32 Å². The van der Waals surface area contributed by atoms with Gasteiger partial charge in [0, 0.05) is 5.54 Å². The van der Waals surface area contributed by atoms with Crippen molar-refractivity contribution in [3.05, 3.63) is 11.6 Å². The van der Waals surface area contributed by atoms with E-state index in [0.29, 0.717) is 5.82 Å². The van der Waals surface area contributed by atoms with Crippen LogP contribution in [-0.4, -0.2) is 26.6 Å². The van der Waals surface area contributed by atoms with Gasteiger partial charge in [-0.15, -0.1) is 5.10 Å². The molecule has 1 amide bonds. The Hall–Kier alpha value is -1.39. The number of carbonyl (C=O) groups excluding carboxylic acids is 1. The molecule has 102 valence electrons. The first-order valence-corrected chi connectivity index (χ1v) is 7.33. The van der Waals surface area contributed by atoms with E-state index in [2.05, 4.69) is 20.5 Å². The predicted molar refractivity (Wildman–Crippen MR) is 69.5 cm³/mol. The third-order valence-electron chi connectivity index (χ3n) is 5.22. The molecule has 1 aromatic heterocycles. The fraction of sp³-hybridized carbons (Fsp3) is 0.786. The number of amides is 1. The molecule has 5 heteroatoms. The maximum Gasteiger partial charge on any atom is 0.291 e. The number of hydrogen-bond acceptors (Lipinski definition) is 3. The standard InChI is InChI=1S/C14H20N4O/c1-8-15-12(18-17-8)13(19)16-14-5-9-2-10(6-14)4-11(3-9)7-14/h9-11H,2-7H2,1H3,(H,16,19)(H,15,17,18). The Morgan fingerprint density at radius 3 is 2.26 bits per heavy atom. The van der Waals surface area contributed by atoms with E-state index in [4.69, 9.17) is 0 Å². The highest BCUT2D eigenvalue weighted by Crippen LogP contribution is 2.55. The van der Waals surface area contributed by atoms with E-state index >= 15 is 0 Å². The van der Waals surface area contributed by atoms with Crippen molar-refractivity contribution in [1.29, 1.82) is 0 Å². The van der Waals surface area contributed by atoms with Crippen LogP contribution in [0.5, 0.6) is 0 Å². The van der Waals surface area contributed by atoms with Crippen LogP contribution in [-0.2, 0) is 0 Å². The maximum atomic E-state index is 12.3. The van der Waals surface area contributed by atoms with Crippen molar-refractivity contribution in [1.82, 2.24) is 20.5 Å². The zero-order valence-corrected chi connectivity index (χ0v) is 11.3. The molecule has 0 unspecified atom stereocenters. The number of carbonyl (C=O) groups is 1. The third kappa shape index (κ3) is 1.86. The summed E-state index contributed by atoms with van der Waals surface area (Å²) in [5.74, 6) is 3.37. The monoisotopic (exact) mass is 260 g/mol. The molecule has 19 heavy (non-hydrogen) atoms. The highest BCUT2D eigenvalue weighted by molar-refractivity contribution is 5.90. The summed E-state index contributed by atoms with van der Waals surface area (Å²) in [5, 5.41) is 9.97. The van der Waals surface area contributed by atoms with Crippen molar-refractivity contribution in [2.75, 3.05) is 0 Å². The Kier molecular flexibility index (Phi) is 2.29. The Labute approximate surface area is 112 Å². The number of H-pyrrole nitrogens is 1. The van der Waals surface area contributed by atoms with Gasteiger partial charge in [-0.25, -0.2) is 4.98 Å². The topological polar surface area (TPSA) is 70.7 Å². The molecule has 4 saturated carbocycles. The predicted octanol–water partition coefficient (Wildman–Crippen LogP) is 1.81. The molecule has 2 N–H and O–H groups in total. The van der Waals surface area contributed by atoms with Crippen LogP contribution in [0.25, 0.3) is 0 Å². The van der Waals surface area contributed by atoms with Crippen molar-refractivity contribution >= 4 is 5.91 Å². The molecule has 0 aromatic carbocycles. The van der Waals surface area contributed by atoms with Gasteiger partial charge in [-0.3, -0.25) is 9.89 Å². The number of nitrogens with zero attached hydrogens (tertiary/aromatic N) is 2. The van der Waals surface area contributed by atoms with Crippen molar-refractivity contribution < 1.29 is 4.79 Å². The largest absolute Gasteiger partial charge is 0.344 e. The second-order valence-electron chi connectivity index (χ2n) is 6.90. The van der Waals surface area contributed by atoms with Gasteiger partial charge < -0.3 is 5.32 Å². The quantitative estimate of drug-likeness (QED) is 0.852. The molecule has 4 aliphatic carbocycles. The van der Waals surface area contributed by atoms with Gasteiger partial charge in [0.1, 0.15) is 5.82 Å². The second kappa shape index (κ2) is 3.81. The first-order valence-electron chi connectivity index (χ1n) is 7.33. The van der Waals surface area contributed by atoms with Crippen LogP contribution in [0.15, 0.2) is 0 Å². The van der Waals surface area contributed by atoms with E-state index in [1.807, 2.05) is 6.92 Å². The van der Waals surface area contributed by atoms with Gasteiger partial charge in [0.2, 0.25) is 5.82 Å². The van der Waals surface area contributed by atoms with Crippen LogP contribution in [0, 0.1) is 24.7 Å². The summed E-state index contributed by atoms with van der Waals surface area (Å²) in [6, 6.07) is 0. The highest BCUT2D eigenvalue weighted by Gasteiger charge is 2.51. The summed E-state index contributed by atoms with van der Waals surface area (Å²) < 4.78 is 0. The van der Waals surface area contributed by atoms with E-state index in [-0.39, 0.29) is 17.3 Å². The summed E-state index contributed by atoms with van der Waals surface area (Å²) in [5.41, 5.74) is 0.0420. The molecule has 0 aliphatic heterocycles. The lowest BCUT2D eigenvalue weighted by molar-refractivity contribution is -0.0168. The molecule has 5 nitrogen and oxygen atoms in total. The van der Waals surface area contributed by atoms with Gasteiger partial charge >= 0.3 is 0 Å². The number of aromatic nitrogens is 3. The molecule has 0 saturated heterocycles. The Balaban J connectivity index is 1.54. The average molecular weight is 260 g/mol. The Morgan fingerprint density at radius 2 is 1.79 bits per heavy atom. The van der Waals surface area contributed by atoms with Crippen LogP contribution in [0.3, 0.4) is 0 Å². The van der Waals surface area contributed by atoms with Crippen LogP contribution in [0.1, 0.15) is 55.0 Å². The Morgan fingerprint density at radius 1 is 1.21 bits per heavy atom. The molecule has 0 spiro atoms. The molecule has 1 aromatic rings. The fourth-order valence-electron chi connectivity index (χ4n) is 5.00. The summed E-state index contributed by atoms with van der Waals surface area (Å²) in [6.07, 6.45) is 7.63. The smallest absolute Gasteiger partial charge is 0.291 e. The lowest BCUT2D eigenvalue weighted by Gasteiger charge is -2.56. The van der Waals surface area contributed by atoms with Gasteiger partial charge in [0.05, 0.1) is 0 Å². The SMILES string of the molecule is Cc1nc(C(=O)NC23CC4CC(CC(C4)C2)C3)n[nH]1. The average Bonchev–Trinajstić information content (AvgIpc) is 2.73. The lowest BCUT2D eigenvalue weighted by Crippen LogP contribution is -2.59. The van der Waals surface area contributed by atoms with Gasteiger partial charge in [-0.05, 0) is 63.2 Å². The number of rotatable bonds is 2. The summed E-state index contributed by atoms with van der Waals surface area (Å²) in [6.45, 7) is 1.81. The van der Waals surface area contributed by atoms with Crippen molar-refractivity contribution in [3.8, 4) is 0 Å². The number of aryl methyl sites for hydroxylation is 1. The van der Waals surface area contributed by atoms with Gasteiger partial charge in [0.15, 0.2) is 0 Å². The zero-order valence-electron chi connectivity index (χ0n) is 11.3. The highest BCUT2D eigenvalue weighted by atomic mass is 16.2. The summed E-state index contributed by atoms with van der Waals surface area (Å²) in [7, 11) is 0. The van der Waals surface area contributed by atoms with Crippen LogP contribution in [0.2, 0.25) is 0 Å². The maximum absolute atomic E-state index is 12.3. The van der Waals surface area contributed by atoms with Gasteiger partial charge in [0.25, 0.3) is 5.91 Å². The minimum absolute atomic E-state index is 0.0420.